The van der Waals surface area contributed by atoms with E-state index in [0.29, 0.717) is 22.9 Å². The van der Waals surface area contributed by atoms with Gasteiger partial charge in [-0.25, -0.2) is 4.98 Å². The summed E-state index contributed by atoms with van der Waals surface area (Å²) in [5.74, 6) is 0.175. The van der Waals surface area contributed by atoms with Crippen molar-refractivity contribution in [3.8, 4) is 0 Å². The minimum atomic E-state index is -0.122. The number of aryl methyl sites for hydroxylation is 1. The fourth-order valence-electron chi connectivity index (χ4n) is 2.67. The van der Waals surface area contributed by atoms with Crippen molar-refractivity contribution in [1.29, 1.82) is 0 Å². The van der Waals surface area contributed by atoms with Crippen LogP contribution in [0.1, 0.15) is 28.8 Å². The maximum absolute atomic E-state index is 12.8. The van der Waals surface area contributed by atoms with Gasteiger partial charge in [0.1, 0.15) is 5.82 Å². The third kappa shape index (κ3) is 2.72. The highest BCUT2D eigenvalue weighted by Gasteiger charge is 2.24. The van der Waals surface area contributed by atoms with Crippen LogP contribution in [0.15, 0.2) is 36.5 Å². The van der Waals surface area contributed by atoms with Crippen molar-refractivity contribution in [2.24, 2.45) is 0 Å². The zero-order valence-corrected chi connectivity index (χ0v) is 12.3. The summed E-state index contributed by atoms with van der Waals surface area (Å²) < 4.78 is 0. The van der Waals surface area contributed by atoms with Gasteiger partial charge in [0.25, 0.3) is 5.91 Å². The van der Waals surface area contributed by atoms with E-state index in [1.54, 1.807) is 4.90 Å². The molecule has 2 aromatic rings. The zero-order valence-electron chi connectivity index (χ0n) is 11.6. The third-order valence-corrected chi connectivity index (χ3v) is 4.01. The number of amides is 1. The highest BCUT2D eigenvalue weighted by atomic mass is 35.5. The molecule has 0 bridgehead atoms. The number of nitrogen functional groups attached to an aromatic ring is 1. The first-order valence-corrected chi connectivity index (χ1v) is 7.35. The molecule has 1 aliphatic rings. The molecule has 4 nitrogen and oxygen atoms in total. The van der Waals surface area contributed by atoms with Crippen LogP contribution in [0.2, 0.25) is 5.02 Å². The number of nitrogens with two attached hydrogens (primary N) is 1. The molecule has 1 aromatic carbocycles. The van der Waals surface area contributed by atoms with E-state index in [0.717, 1.165) is 24.9 Å². The van der Waals surface area contributed by atoms with E-state index in [1.807, 2.05) is 18.2 Å². The average molecular weight is 302 g/mol. The quantitative estimate of drug-likeness (QED) is 0.879. The van der Waals surface area contributed by atoms with Crippen LogP contribution in [-0.4, -0.2) is 17.4 Å². The molecule has 0 saturated carbocycles. The molecule has 1 aromatic heterocycles. The summed E-state index contributed by atoms with van der Waals surface area (Å²) in [6.07, 6.45) is 4.46. The maximum Gasteiger partial charge on any atom is 0.259 e. The Morgan fingerprint density at radius 3 is 2.95 bits per heavy atom. The van der Waals surface area contributed by atoms with E-state index >= 15 is 0 Å². The third-order valence-electron chi connectivity index (χ3n) is 3.71. The van der Waals surface area contributed by atoms with Gasteiger partial charge in [-0.15, -0.1) is 0 Å². The van der Waals surface area contributed by atoms with Crippen molar-refractivity contribution < 1.29 is 4.79 Å². The number of rotatable bonds is 1. The van der Waals surface area contributed by atoms with Gasteiger partial charge in [-0.05, 0) is 37.0 Å². The van der Waals surface area contributed by atoms with Crippen LogP contribution in [-0.2, 0) is 6.42 Å². The molecule has 2 heterocycles. The number of nitrogens with zero attached hydrogens (tertiary/aromatic N) is 2. The molecule has 3 rings (SSSR count). The molecule has 0 radical (unpaired) electrons. The normalized spacial score (nSPS) is 14.4. The lowest BCUT2D eigenvalue weighted by Gasteiger charge is -2.23. The fourth-order valence-corrected chi connectivity index (χ4v) is 2.85. The number of para-hydroxylation sites is 1. The van der Waals surface area contributed by atoms with Gasteiger partial charge >= 0.3 is 0 Å². The molecule has 1 amide bonds. The summed E-state index contributed by atoms with van der Waals surface area (Å²) in [7, 11) is 0. The standard InChI is InChI=1S/C16H16ClN3O/c17-13-10-19-15(18)9-12(13)16(21)20-8-4-3-6-11-5-1-2-7-14(11)20/h1-2,5,7,9-10H,3-4,6,8H2,(H2,18,19). The number of fused-ring (bicyclic) bond motifs is 1. The van der Waals surface area contributed by atoms with Crippen molar-refractivity contribution in [2.45, 2.75) is 19.3 Å². The van der Waals surface area contributed by atoms with Gasteiger partial charge in [0, 0.05) is 18.4 Å². The molecular formula is C16H16ClN3O. The van der Waals surface area contributed by atoms with Crippen molar-refractivity contribution in [3.63, 3.8) is 0 Å². The van der Waals surface area contributed by atoms with Crippen LogP contribution in [0.25, 0.3) is 0 Å². The number of hydrogen-bond acceptors (Lipinski definition) is 3. The molecule has 1 aliphatic heterocycles. The van der Waals surface area contributed by atoms with E-state index in [4.69, 9.17) is 17.3 Å². The number of halogens is 1. The minimum absolute atomic E-state index is 0.122. The van der Waals surface area contributed by atoms with E-state index in [1.165, 1.54) is 17.8 Å². The average Bonchev–Trinajstić information content (AvgIpc) is 2.71. The van der Waals surface area contributed by atoms with Crippen LogP contribution < -0.4 is 10.6 Å². The van der Waals surface area contributed by atoms with E-state index in [9.17, 15) is 4.79 Å². The van der Waals surface area contributed by atoms with Crippen LogP contribution in [0, 0.1) is 0 Å². The SMILES string of the molecule is Nc1cc(C(=O)N2CCCCc3ccccc32)c(Cl)cn1. The predicted octanol–water partition coefficient (Wildman–Crippen LogP) is 3.30. The second-order valence-corrected chi connectivity index (χ2v) is 5.54. The Bertz CT molecular complexity index is 687. The van der Waals surface area contributed by atoms with Crippen molar-refractivity contribution in [1.82, 2.24) is 4.98 Å². The number of anilines is 2. The maximum atomic E-state index is 12.8. The fraction of sp³-hybridized carbons (Fsp3) is 0.250. The number of benzene rings is 1. The minimum Gasteiger partial charge on any atom is -0.384 e. The van der Waals surface area contributed by atoms with Crippen LogP contribution in [0.4, 0.5) is 11.5 Å². The monoisotopic (exact) mass is 301 g/mol. The van der Waals surface area contributed by atoms with Crippen LogP contribution >= 0.6 is 11.6 Å². The molecular weight excluding hydrogens is 286 g/mol. The molecule has 0 unspecified atom stereocenters. The van der Waals surface area contributed by atoms with Crippen molar-refractivity contribution >= 4 is 29.0 Å². The first kappa shape index (κ1) is 13.9. The number of aromatic nitrogens is 1. The highest BCUT2D eigenvalue weighted by molar-refractivity contribution is 6.34. The Kier molecular flexibility index (Phi) is 3.80. The Morgan fingerprint density at radius 1 is 1.29 bits per heavy atom. The summed E-state index contributed by atoms with van der Waals surface area (Å²) in [5.41, 5.74) is 8.24. The first-order chi connectivity index (χ1) is 10.2. The lowest BCUT2D eigenvalue weighted by Crippen LogP contribution is -2.32. The Labute approximate surface area is 128 Å². The Morgan fingerprint density at radius 2 is 2.10 bits per heavy atom. The number of hydrogen-bond donors (Lipinski definition) is 1. The molecule has 0 spiro atoms. The molecule has 21 heavy (non-hydrogen) atoms. The lowest BCUT2D eigenvalue weighted by molar-refractivity contribution is 0.0987. The lowest BCUT2D eigenvalue weighted by atomic mass is 10.1. The first-order valence-electron chi connectivity index (χ1n) is 6.97. The molecule has 0 saturated heterocycles. The summed E-state index contributed by atoms with van der Waals surface area (Å²) in [5, 5.41) is 0.330. The Hall–Kier alpha value is -2.07. The van der Waals surface area contributed by atoms with Gasteiger partial charge < -0.3 is 10.6 Å². The van der Waals surface area contributed by atoms with Gasteiger partial charge in [0.05, 0.1) is 10.6 Å². The number of carbonyl (C=O) groups excluding carboxylic acids is 1. The molecule has 5 heteroatoms. The highest BCUT2D eigenvalue weighted by Crippen LogP contribution is 2.29. The van der Waals surface area contributed by atoms with E-state index in [2.05, 4.69) is 11.1 Å². The van der Waals surface area contributed by atoms with Crippen LogP contribution in [0.5, 0.6) is 0 Å². The molecule has 2 N–H and O–H groups in total. The van der Waals surface area contributed by atoms with Gasteiger partial charge in [0.2, 0.25) is 0 Å². The smallest absolute Gasteiger partial charge is 0.259 e. The topological polar surface area (TPSA) is 59.2 Å². The number of pyridine rings is 1. The molecule has 0 fully saturated rings. The molecule has 108 valence electrons. The predicted molar refractivity (Wildman–Crippen MR) is 84.7 cm³/mol. The summed E-state index contributed by atoms with van der Waals surface area (Å²) in [6, 6.07) is 9.55. The zero-order chi connectivity index (χ0) is 14.8. The summed E-state index contributed by atoms with van der Waals surface area (Å²) in [6.45, 7) is 0.689. The second kappa shape index (κ2) is 5.74. The molecule has 0 atom stereocenters. The van der Waals surface area contributed by atoms with Gasteiger partial charge in [0.15, 0.2) is 0 Å². The van der Waals surface area contributed by atoms with Gasteiger partial charge in [-0.3, -0.25) is 4.79 Å². The number of carbonyl (C=O) groups is 1. The van der Waals surface area contributed by atoms with E-state index in [-0.39, 0.29) is 5.91 Å². The van der Waals surface area contributed by atoms with Crippen molar-refractivity contribution in [3.05, 3.63) is 52.7 Å². The van der Waals surface area contributed by atoms with Crippen molar-refractivity contribution in [2.75, 3.05) is 17.2 Å². The molecule has 0 aliphatic carbocycles. The summed E-state index contributed by atoms with van der Waals surface area (Å²) >= 11 is 6.11. The largest absolute Gasteiger partial charge is 0.384 e. The van der Waals surface area contributed by atoms with Gasteiger partial charge in [-0.2, -0.15) is 0 Å². The second-order valence-electron chi connectivity index (χ2n) is 5.13. The Balaban J connectivity index is 2.03. The van der Waals surface area contributed by atoms with Crippen LogP contribution in [0.3, 0.4) is 0 Å². The summed E-state index contributed by atoms with van der Waals surface area (Å²) in [4.78, 5) is 18.5. The van der Waals surface area contributed by atoms with Gasteiger partial charge in [-0.1, -0.05) is 29.8 Å². The van der Waals surface area contributed by atoms with E-state index < -0.39 is 0 Å².